The van der Waals surface area contributed by atoms with Gasteiger partial charge in [-0.05, 0) is 37.5 Å². The van der Waals surface area contributed by atoms with Crippen molar-refractivity contribution in [3.63, 3.8) is 0 Å². The van der Waals surface area contributed by atoms with E-state index in [2.05, 4.69) is 5.32 Å². The van der Waals surface area contributed by atoms with Crippen molar-refractivity contribution in [2.75, 3.05) is 5.32 Å². The van der Waals surface area contributed by atoms with Gasteiger partial charge in [-0.15, -0.1) is 11.8 Å². The molecule has 18 heavy (non-hydrogen) atoms. The molecule has 1 amide bonds. The van der Waals surface area contributed by atoms with Gasteiger partial charge in [0, 0.05) is 4.90 Å². The highest BCUT2D eigenvalue weighted by molar-refractivity contribution is 8.00. The molecule has 0 aromatic heterocycles. The number of carbonyl (C=O) groups is 2. The van der Waals surface area contributed by atoms with Gasteiger partial charge in [0.15, 0.2) is 0 Å². The number of carbonyl (C=O) groups excluding carboxylic acids is 1. The molecule has 1 unspecified atom stereocenters. The van der Waals surface area contributed by atoms with E-state index in [-0.39, 0.29) is 11.2 Å². The molecule has 0 spiro atoms. The Morgan fingerprint density at radius 2 is 2.22 bits per heavy atom. The number of nitrogens with one attached hydrogen (secondary N) is 1. The lowest BCUT2D eigenvalue weighted by molar-refractivity contribution is -0.140. The highest BCUT2D eigenvalue weighted by Gasteiger charge is 2.52. The summed E-state index contributed by atoms with van der Waals surface area (Å²) in [7, 11) is 0. The molecule has 1 fully saturated rings. The summed E-state index contributed by atoms with van der Waals surface area (Å²) in [6.45, 7) is 1.86. The Hall–Kier alpha value is -1.49. The van der Waals surface area contributed by atoms with Crippen LogP contribution in [0.4, 0.5) is 5.69 Å². The first-order valence-corrected chi connectivity index (χ1v) is 6.76. The number of rotatable bonds is 2. The maximum absolute atomic E-state index is 11.6. The molecule has 0 saturated heterocycles. The number of fused-ring (bicyclic) bond motifs is 1. The number of thioether (sulfide) groups is 1. The van der Waals surface area contributed by atoms with Crippen LogP contribution in [0.3, 0.4) is 0 Å². The molecule has 2 N–H and O–H groups in total. The molecule has 5 heteroatoms. The lowest BCUT2D eigenvalue weighted by atomic mass is 9.95. The van der Waals surface area contributed by atoms with Crippen LogP contribution in [0.25, 0.3) is 0 Å². The van der Waals surface area contributed by atoms with Gasteiger partial charge in [-0.3, -0.25) is 9.59 Å². The molecule has 0 radical (unpaired) electrons. The molecule has 2 aliphatic rings. The van der Waals surface area contributed by atoms with Gasteiger partial charge in [-0.1, -0.05) is 6.07 Å². The normalized spacial score (nSPS) is 24.1. The van der Waals surface area contributed by atoms with Crippen LogP contribution in [0.1, 0.15) is 25.3 Å². The summed E-state index contributed by atoms with van der Waals surface area (Å²) >= 11 is 1.51. The van der Waals surface area contributed by atoms with Crippen LogP contribution in [0.15, 0.2) is 23.1 Å². The fourth-order valence-corrected chi connectivity index (χ4v) is 3.19. The maximum Gasteiger partial charge on any atom is 0.314 e. The quantitative estimate of drug-likeness (QED) is 0.858. The van der Waals surface area contributed by atoms with E-state index in [4.69, 9.17) is 0 Å². The van der Waals surface area contributed by atoms with Crippen molar-refractivity contribution in [2.45, 2.75) is 35.3 Å². The predicted octanol–water partition coefficient (Wildman–Crippen LogP) is 2.24. The molecule has 1 aliphatic carbocycles. The summed E-state index contributed by atoms with van der Waals surface area (Å²) in [5, 5.41) is 12.0. The molecular formula is C13H13NO3S. The topological polar surface area (TPSA) is 66.4 Å². The molecule has 1 atom stereocenters. The van der Waals surface area contributed by atoms with Crippen LogP contribution in [0, 0.1) is 0 Å². The largest absolute Gasteiger partial charge is 0.481 e. The number of hydrogen-bond donors (Lipinski definition) is 2. The fraction of sp³-hybridized carbons (Fsp3) is 0.385. The summed E-state index contributed by atoms with van der Waals surface area (Å²) in [6, 6.07) is 5.60. The summed E-state index contributed by atoms with van der Waals surface area (Å²) in [5.41, 5.74) is 0.824. The van der Waals surface area contributed by atoms with Crippen molar-refractivity contribution in [1.29, 1.82) is 0 Å². The Morgan fingerprint density at radius 1 is 1.50 bits per heavy atom. The number of hydrogen-bond acceptors (Lipinski definition) is 3. The first-order valence-electron chi connectivity index (χ1n) is 5.88. The second kappa shape index (κ2) is 3.75. The third-order valence-electron chi connectivity index (χ3n) is 3.62. The lowest BCUT2D eigenvalue weighted by Crippen LogP contribution is -2.27. The van der Waals surface area contributed by atoms with Gasteiger partial charge >= 0.3 is 5.97 Å². The van der Waals surface area contributed by atoms with Crippen molar-refractivity contribution in [1.82, 2.24) is 0 Å². The van der Waals surface area contributed by atoms with E-state index in [1.54, 1.807) is 0 Å². The second-order valence-electron chi connectivity index (χ2n) is 4.85. The van der Waals surface area contributed by atoms with Gasteiger partial charge in [0.2, 0.25) is 5.91 Å². The summed E-state index contributed by atoms with van der Waals surface area (Å²) in [5.74, 6) is -0.796. The second-order valence-corrected chi connectivity index (χ2v) is 6.23. The Bertz CT molecular complexity index is 551. The molecule has 3 rings (SSSR count). The van der Waals surface area contributed by atoms with E-state index >= 15 is 0 Å². The number of carboxylic acid groups (broad SMARTS) is 1. The van der Waals surface area contributed by atoms with Crippen LogP contribution >= 0.6 is 11.8 Å². The van der Waals surface area contributed by atoms with Crippen molar-refractivity contribution < 1.29 is 14.7 Å². The Labute approximate surface area is 109 Å². The number of carboxylic acids is 1. The van der Waals surface area contributed by atoms with Gasteiger partial charge < -0.3 is 10.4 Å². The van der Waals surface area contributed by atoms with Crippen molar-refractivity contribution in [3.8, 4) is 0 Å². The van der Waals surface area contributed by atoms with Crippen LogP contribution < -0.4 is 5.32 Å². The van der Waals surface area contributed by atoms with E-state index in [0.29, 0.717) is 12.8 Å². The Kier molecular flexibility index (Phi) is 2.41. The summed E-state index contributed by atoms with van der Waals surface area (Å²) in [4.78, 5) is 23.9. The van der Waals surface area contributed by atoms with Crippen LogP contribution in [0.5, 0.6) is 0 Å². The maximum atomic E-state index is 11.6. The minimum Gasteiger partial charge on any atom is -0.481 e. The third-order valence-corrected chi connectivity index (χ3v) is 4.80. The number of aliphatic carboxylic acids is 1. The van der Waals surface area contributed by atoms with E-state index in [0.717, 1.165) is 16.1 Å². The monoisotopic (exact) mass is 263 g/mol. The lowest BCUT2D eigenvalue weighted by Gasteiger charge is -2.23. The Balaban J connectivity index is 2.00. The predicted molar refractivity (Wildman–Crippen MR) is 68.9 cm³/mol. The van der Waals surface area contributed by atoms with Gasteiger partial charge in [0.1, 0.15) is 0 Å². The summed E-state index contributed by atoms with van der Waals surface area (Å²) in [6.07, 6.45) is 1.36. The first kappa shape index (κ1) is 11.6. The molecule has 4 nitrogen and oxygen atoms in total. The van der Waals surface area contributed by atoms with Gasteiger partial charge in [-0.25, -0.2) is 0 Å². The minimum absolute atomic E-state index is 0.0233. The number of amides is 1. The van der Waals surface area contributed by atoms with Crippen LogP contribution in [-0.4, -0.2) is 22.2 Å². The highest BCUT2D eigenvalue weighted by Crippen LogP contribution is 2.50. The highest BCUT2D eigenvalue weighted by atomic mass is 32.2. The standard InChI is InChI=1S/C13H13NO3S/c1-7-11(15)14-9-6-8(2-3-10(9)18-7)13(4-5-13)12(16)17/h2-3,6-7H,4-5H2,1H3,(H,14,15)(H,16,17). The SMILES string of the molecule is CC1Sc2ccc(C3(C(=O)O)CC3)cc2NC1=O. The van der Waals surface area contributed by atoms with Crippen molar-refractivity contribution in [3.05, 3.63) is 23.8 Å². The van der Waals surface area contributed by atoms with Crippen LogP contribution in [0.2, 0.25) is 0 Å². The average Bonchev–Trinajstić information content (AvgIpc) is 3.11. The van der Waals surface area contributed by atoms with E-state index in [1.807, 2.05) is 25.1 Å². The Morgan fingerprint density at radius 3 is 2.83 bits per heavy atom. The number of anilines is 1. The minimum atomic E-state index is -0.773. The van der Waals surface area contributed by atoms with Gasteiger partial charge in [-0.2, -0.15) is 0 Å². The molecule has 1 saturated carbocycles. The van der Waals surface area contributed by atoms with Gasteiger partial charge in [0.05, 0.1) is 16.4 Å². The van der Waals surface area contributed by atoms with E-state index in [1.165, 1.54) is 11.8 Å². The molecule has 1 aromatic rings. The smallest absolute Gasteiger partial charge is 0.314 e. The molecule has 94 valence electrons. The molecule has 1 heterocycles. The van der Waals surface area contributed by atoms with E-state index < -0.39 is 11.4 Å². The third kappa shape index (κ3) is 1.61. The summed E-state index contributed by atoms with van der Waals surface area (Å²) < 4.78 is 0. The molecule has 1 aromatic carbocycles. The number of benzene rings is 1. The average molecular weight is 263 g/mol. The van der Waals surface area contributed by atoms with E-state index in [9.17, 15) is 14.7 Å². The van der Waals surface area contributed by atoms with Crippen molar-refractivity contribution >= 4 is 29.3 Å². The molecule has 1 aliphatic heterocycles. The zero-order valence-electron chi connectivity index (χ0n) is 9.90. The van der Waals surface area contributed by atoms with Crippen molar-refractivity contribution in [2.24, 2.45) is 0 Å². The zero-order chi connectivity index (χ0) is 12.9. The molecule has 0 bridgehead atoms. The molecular weight excluding hydrogens is 250 g/mol. The zero-order valence-corrected chi connectivity index (χ0v) is 10.7. The fourth-order valence-electron chi connectivity index (χ4n) is 2.26. The van der Waals surface area contributed by atoms with Crippen LogP contribution in [-0.2, 0) is 15.0 Å². The van der Waals surface area contributed by atoms with Gasteiger partial charge in [0.25, 0.3) is 0 Å². The first-order chi connectivity index (χ1) is 8.53.